The van der Waals surface area contributed by atoms with Gasteiger partial charge in [-0.25, -0.2) is 4.90 Å². The number of imide groups is 1. The fraction of sp³-hybridized carbons (Fsp3) is 0.619. The summed E-state index contributed by atoms with van der Waals surface area (Å²) in [6.07, 6.45) is -2.69. The van der Waals surface area contributed by atoms with Crippen LogP contribution in [-0.2, 0) is 28.4 Å². The first kappa shape index (κ1) is 20.0. The van der Waals surface area contributed by atoms with E-state index in [9.17, 15) is 9.59 Å². The lowest BCUT2D eigenvalue weighted by Crippen LogP contribution is -2.46. The standard InChI is InChI=1S/C21H25NO8/c1-20(2)26-9-13(28-20)14-15(16-19(27-14)30-21(3,4)29-16)25-10-22-17(23)11-7-5-6-8-12(11)18(22)24/h5-8,13-16,19H,9-10H2,1-4H3/t13-,14-,15+,16-,19-/m1/s1. The minimum absolute atomic E-state index is 0.221. The average molecular weight is 419 g/mol. The van der Waals surface area contributed by atoms with Crippen molar-refractivity contribution in [3.8, 4) is 0 Å². The molecule has 4 aliphatic heterocycles. The van der Waals surface area contributed by atoms with Crippen LogP contribution in [0.3, 0.4) is 0 Å². The highest BCUT2D eigenvalue weighted by atomic mass is 16.8. The predicted molar refractivity (Wildman–Crippen MR) is 100 cm³/mol. The lowest BCUT2D eigenvalue weighted by molar-refractivity contribution is -0.237. The van der Waals surface area contributed by atoms with Gasteiger partial charge in [-0.2, -0.15) is 0 Å². The van der Waals surface area contributed by atoms with Gasteiger partial charge >= 0.3 is 0 Å². The van der Waals surface area contributed by atoms with Crippen molar-refractivity contribution < 1.29 is 38.0 Å². The van der Waals surface area contributed by atoms with Crippen molar-refractivity contribution in [1.29, 1.82) is 0 Å². The lowest BCUT2D eigenvalue weighted by Gasteiger charge is -2.29. The summed E-state index contributed by atoms with van der Waals surface area (Å²) >= 11 is 0. The van der Waals surface area contributed by atoms with Crippen molar-refractivity contribution in [2.75, 3.05) is 13.3 Å². The molecule has 9 heteroatoms. The summed E-state index contributed by atoms with van der Waals surface area (Å²) < 4.78 is 35.6. The third kappa shape index (κ3) is 3.26. The van der Waals surface area contributed by atoms with Gasteiger partial charge in [0.05, 0.1) is 17.7 Å². The predicted octanol–water partition coefficient (Wildman–Crippen LogP) is 1.65. The van der Waals surface area contributed by atoms with Gasteiger partial charge in [0, 0.05) is 0 Å². The molecule has 162 valence electrons. The second-order valence-electron chi connectivity index (χ2n) is 8.78. The average Bonchev–Trinajstić information content (AvgIpc) is 3.35. The molecule has 0 aromatic heterocycles. The number of fused-ring (bicyclic) bond motifs is 2. The Hall–Kier alpha value is -1.88. The first-order chi connectivity index (χ1) is 14.2. The second kappa shape index (κ2) is 6.81. The Morgan fingerprint density at radius 3 is 2.23 bits per heavy atom. The molecule has 0 aliphatic carbocycles. The normalized spacial score (nSPS) is 36.4. The number of carbonyl (C=O) groups excluding carboxylic acids is 2. The van der Waals surface area contributed by atoms with Gasteiger partial charge in [-0.15, -0.1) is 0 Å². The number of hydrogen-bond acceptors (Lipinski definition) is 8. The fourth-order valence-electron chi connectivity index (χ4n) is 4.39. The molecule has 2 amide bonds. The number of rotatable bonds is 4. The van der Waals surface area contributed by atoms with Crippen LogP contribution in [0.5, 0.6) is 0 Å². The van der Waals surface area contributed by atoms with E-state index in [0.717, 1.165) is 4.90 Å². The Balaban J connectivity index is 1.34. The molecule has 4 heterocycles. The summed E-state index contributed by atoms with van der Waals surface area (Å²) in [7, 11) is 0. The zero-order chi connectivity index (χ0) is 21.3. The van der Waals surface area contributed by atoms with Crippen LogP contribution < -0.4 is 0 Å². The molecule has 9 nitrogen and oxygen atoms in total. The van der Waals surface area contributed by atoms with Gasteiger partial charge in [0.1, 0.15) is 31.1 Å². The van der Waals surface area contributed by atoms with Gasteiger partial charge in [0.15, 0.2) is 17.9 Å². The Kier molecular flexibility index (Phi) is 4.55. The molecule has 3 fully saturated rings. The van der Waals surface area contributed by atoms with E-state index in [2.05, 4.69) is 0 Å². The van der Waals surface area contributed by atoms with Crippen LogP contribution >= 0.6 is 0 Å². The Bertz CT molecular complexity index is 849. The minimum Gasteiger partial charge on any atom is -0.352 e. The highest BCUT2D eigenvalue weighted by Crippen LogP contribution is 2.42. The second-order valence-corrected chi connectivity index (χ2v) is 8.78. The van der Waals surface area contributed by atoms with Crippen LogP contribution in [0, 0.1) is 0 Å². The third-order valence-corrected chi connectivity index (χ3v) is 5.70. The van der Waals surface area contributed by atoms with Crippen LogP contribution in [0.1, 0.15) is 48.4 Å². The maximum atomic E-state index is 12.7. The number of hydrogen-bond donors (Lipinski definition) is 0. The van der Waals surface area contributed by atoms with Crippen molar-refractivity contribution in [3.63, 3.8) is 0 Å². The maximum Gasteiger partial charge on any atom is 0.263 e. The number of amides is 2. The smallest absolute Gasteiger partial charge is 0.263 e. The first-order valence-electron chi connectivity index (χ1n) is 10.0. The van der Waals surface area contributed by atoms with Gasteiger partial charge in [-0.05, 0) is 39.8 Å². The Morgan fingerprint density at radius 1 is 0.967 bits per heavy atom. The summed E-state index contributed by atoms with van der Waals surface area (Å²) in [6.45, 7) is 7.35. The van der Waals surface area contributed by atoms with Crippen LogP contribution in [0.4, 0.5) is 0 Å². The largest absolute Gasteiger partial charge is 0.352 e. The number of carbonyl (C=O) groups is 2. The Labute approximate surface area is 174 Å². The molecule has 30 heavy (non-hydrogen) atoms. The Morgan fingerprint density at radius 2 is 1.63 bits per heavy atom. The summed E-state index contributed by atoms with van der Waals surface area (Å²) in [4.78, 5) is 26.4. The molecule has 1 aromatic carbocycles. The van der Waals surface area contributed by atoms with Crippen molar-refractivity contribution in [2.24, 2.45) is 0 Å². The highest BCUT2D eigenvalue weighted by molar-refractivity contribution is 6.21. The molecular weight excluding hydrogens is 394 g/mol. The van der Waals surface area contributed by atoms with Crippen molar-refractivity contribution >= 4 is 11.8 Å². The van der Waals surface area contributed by atoms with Gasteiger partial charge < -0.3 is 28.4 Å². The van der Waals surface area contributed by atoms with E-state index in [1.54, 1.807) is 38.1 Å². The third-order valence-electron chi connectivity index (χ3n) is 5.70. The van der Waals surface area contributed by atoms with Crippen molar-refractivity contribution in [2.45, 2.75) is 70.0 Å². The van der Waals surface area contributed by atoms with E-state index in [4.69, 9.17) is 28.4 Å². The molecule has 0 spiro atoms. The molecule has 0 unspecified atom stereocenters. The quantitative estimate of drug-likeness (QED) is 0.681. The molecule has 4 aliphatic rings. The molecule has 0 saturated carbocycles. The van der Waals surface area contributed by atoms with E-state index in [0.29, 0.717) is 17.7 Å². The van der Waals surface area contributed by atoms with E-state index in [-0.39, 0.29) is 18.5 Å². The van der Waals surface area contributed by atoms with Crippen LogP contribution in [0.25, 0.3) is 0 Å². The number of ether oxygens (including phenoxy) is 6. The van der Waals surface area contributed by atoms with E-state index < -0.39 is 42.3 Å². The topological polar surface area (TPSA) is 92.8 Å². The van der Waals surface area contributed by atoms with Crippen LogP contribution in [0.2, 0.25) is 0 Å². The molecule has 1 aromatic rings. The number of nitrogens with zero attached hydrogens (tertiary/aromatic N) is 1. The summed E-state index contributed by atoms with van der Waals surface area (Å²) in [5.41, 5.74) is 0.748. The van der Waals surface area contributed by atoms with Gasteiger partial charge in [0.2, 0.25) is 0 Å². The zero-order valence-corrected chi connectivity index (χ0v) is 17.3. The first-order valence-corrected chi connectivity index (χ1v) is 10.0. The van der Waals surface area contributed by atoms with Crippen LogP contribution in [-0.4, -0.2) is 72.3 Å². The molecule has 0 radical (unpaired) electrons. The summed E-state index contributed by atoms with van der Waals surface area (Å²) in [5, 5.41) is 0. The molecule has 3 saturated heterocycles. The van der Waals surface area contributed by atoms with Crippen LogP contribution in [0.15, 0.2) is 24.3 Å². The maximum absolute atomic E-state index is 12.7. The zero-order valence-electron chi connectivity index (χ0n) is 17.3. The fourth-order valence-corrected chi connectivity index (χ4v) is 4.39. The van der Waals surface area contributed by atoms with Crippen molar-refractivity contribution in [3.05, 3.63) is 35.4 Å². The van der Waals surface area contributed by atoms with Gasteiger partial charge in [-0.1, -0.05) is 12.1 Å². The van der Waals surface area contributed by atoms with Gasteiger partial charge in [0.25, 0.3) is 11.8 Å². The molecule has 0 bridgehead atoms. The minimum atomic E-state index is -0.830. The number of benzene rings is 1. The molecule has 5 rings (SSSR count). The molecule has 5 atom stereocenters. The molecule has 0 N–H and O–H groups in total. The van der Waals surface area contributed by atoms with E-state index >= 15 is 0 Å². The van der Waals surface area contributed by atoms with E-state index in [1.807, 2.05) is 13.8 Å². The van der Waals surface area contributed by atoms with Gasteiger partial charge in [-0.3, -0.25) is 9.59 Å². The summed E-state index contributed by atoms with van der Waals surface area (Å²) in [5.74, 6) is -2.33. The highest BCUT2D eigenvalue weighted by Gasteiger charge is 2.59. The monoisotopic (exact) mass is 419 g/mol. The lowest BCUT2D eigenvalue weighted by atomic mass is 10.1. The SMILES string of the molecule is CC1(C)O[C@H]2O[C@H]([C@H]3COC(C)(C)O3)[C@H](OCN3C(=O)c4ccccc4C3=O)[C@H]2O1. The summed E-state index contributed by atoms with van der Waals surface area (Å²) in [6, 6.07) is 6.72. The molecular formula is C21H25NO8. The van der Waals surface area contributed by atoms with Crippen molar-refractivity contribution in [1.82, 2.24) is 4.90 Å². The van der Waals surface area contributed by atoms with E-state index in [1.165, 1.54) is 0 Å².